The topological polar surface area (TPSA) is 58.1 Å². The van der Waals surface area contributed by atoms with Gasteiger partial charge in [-0.2, -0.15) is 13.2 Å². The Kier molecular flexibility index (Phi) is 6.55. The van der Waals surface area contributed by atoms with Crippen molar-refractivity contribution in [3.8, 4) is 0 Å². The minimum absolute atomic E-state index is 0.0422. The molecule has 0 aromatic carbocycles. The van der Waals surface area contributed by atoms with E-state index in [4.69, 9.17) is 0 Å². The van der Waals surface area contributed by atoms with E-state index in [2.05, 4.69) is 35.7 Å². The number of aromatic nitrogens is 2. The van der Waals surface area contributed by atoms with Crippen molar-refractivity contribution in [3.63, 3.8) is 0 Å². The largest absolute Gasteiger partial charge is 0.418 e. The first-order chi connectivity index (χ1) is 14.2. The molecule has 1 fully saturated rings. The summed E-state index contributed by atoms with van der Waals surface area (Å²) in [5, 5.41) is 3.43. The van der Waals surface area contributed by atoms with Gasteiger partial charge in [0.2, 0.25) is 5.78 Å². The van der Waals surface area contributed by atoms with E-state index in [1.165, 1.54) is 30.6 Å². The number of hydrogen-bond donors (Lipinski definition) is 1. The smallest absolute Gasteiger partial charge is 0.354 e. The highest BCUT2D eigenvalue weighted by molar-refractivity contribution is 6.09. The maximum Gasteiger partial charge on any atom is 0.418 e. The maximum absolute atomic E-state index is 13.6. The van der Waals surface area contributed by atoms with Crippen molar-refractivity contribution >= 4 is 17.7 Å². The number of rotatable bonds is 6. The van der Waals surface area contributed by atoms with Gasteiger partial charge in [-0.25, -0.2) is 4.98 Å². The monoisotopic (exact) mass is 418 g/mol. The lowest BCUT2D eigenvalue weighted by Gasteiger charge is -2.35. The highest BCUT2D eigenvalue weighted by Gasteiger charge is 2.37. The van der Waals surface area contributed by atoms with Gasteiger partial charge in [-0.05, 0) is 36.1 Å². The van der Waals surface area contributed by atoms with E-state index in [1.807, 2.05) is 4.90 Å². The molecule has 0 radical (unpaired) electrons. The molecule has 0 bridgehead atoms. The molecule has 0 saturated carbocycles. The predicted molar refractivity (Wildman–Crippen MR) is 110 cm³/mol. The fourth-order valence-corrected chi connectivity index (χ4v) is 3.62. The van der Waals surface area contributed by atoms with Crippen molar-refractivity contribution in [2.24, 2.45) is 5.92 Å². The zero-order chi connectivity index (χ0) is 21.9. The number of anilines is 1. The Bertz CT molecular complexity index is 927. The second-order valence-electron chi connectivity index (χ2n) is 7.83. The van der Waals surface area contributed by atoms with Crippen LogP contribution in [0.4, 0.5) is 19.0 Å². The zero-order valence-corrected chi connectivity index (χ0v) is 17.0. The third kappa shape index (κ3) is 5.05. The van der Waals surface area contributed by atoms with Crippen LogP contribution >= 0.6 is 0 Å². The van der Waals surface area contributed by atoms with E-state index in [0.29, 0.717) is 36.9 Å². The number of nitrogens with zero attached hydrogens (tertiary/aromatic N) is 3. The summed E-state index contributed by atoms with van der Waals surface area (Å²) in [6.07, 6.45) is 0.460. The van der Waals surface area contributed by atoms with Gasteiger partial charge in [0, 0.05) is 43.6 Å². The molecule has 1 atom stereocenters. The molecule has 160 valence electrons. The fourth-order valence-electron chi connectivity index (χ4n) is 3.62. The van der Waals surface area contributed by atoms with Crippen LogP contribution in [0.25, 0.3) is 6.08 Å². The van der Waals surface area contributed by atoms with E-state index >= 15 is 0 Å². The van der Waals surface area contributed by atoms with Gasteiger partial charge in [-0.3, -0.25) is 9.78 Å². The third-order valence-corrected chi connectivity index (χ3v) is 4.99. The van der Waals surface area contributed by atoms with Crippen molar-refractivity contribution in [3.05, 3.63) is 59.6 Å². The molecule has 3 rings (SSSR count). The first-order valence-electron chi connectivity index (χ1n) is 9.87. The predicted octanol–water partition coefficient (Wildman–Crippen LogP) is 4.19. The first-order valence-corrected chi connectivity index (χ1v) is 9.87. The summed E-state index contributed by atoms with van der Waals surface area (Å²) >= 11 is 0. The van der Waals surface area contributed by atoms with Crippen molar-refractivity contribution < 1.29 is 18.0 Å². The van der Waals surface area contributed by atoms with E-state index in [0.717, 1.165) is 12.5 Å². The summed E-state index contributed by atoms with van der Waals surface area (Å²) in [7, 11) is 0. The maximum atomic E-state index is 13.6. The fraction of sp³-hybridized carbons (Fsp3) is 0.409. The number of alkyl halides is 3. The van der Waals surface area contributed by atoms with Gasteiger partial charge in [-0.1, -0.05) is 26.5 Å². The van der Waals surface area contributed by atoms with Crippen LogP contribution in [-0.2, 0) is 6.18 Å². The van der Waals surface area contributed by atoms with Crippen LogP contribution in [0, 0.1) is 5.92 Å². The number of carbonyl (C=O) groups is 1. The van der Waals surface area contributed by atoms with Crippen LogP contribution in [0.1, 0.15) is 47.4 Å². The summed E-state index contributed by atoms with van der Waals surface area (Å²) in [5.74, 6) is 0.0495. The number of nitrogens with one attached hydrogen (secondary N) is 1. The molecule has 2 aromatic heterocycles. The second kappa shape index (κ2) is 8.95. The molecule has 0 spiro atoms. The molecule has 0 unspecified atom stereocenters. The first kappa shape index (κ1) is 22.0. The zero-order valence-electron chi connectivity index (χ0n) is 17.0. The molecule has 0 amide bonds. The summed E-state index contributed by atoms with van der Waals surface area (Å²) in [4.78, 5) is 23.0. The molecule has 1 aliphatic rings. The molecule has 5 nitrogen and oxygen atoms in total. The molecule has 30 heavy (non-hydrogen) atoms. The highest BCUT2D eigenvalue weighted by atomic mass is 19.4. The average Bonchev–Trinajstić information content (AvgIpc) is 2.72. The molecule has 1 saturated heterocycles. The summed E-state index contributed by atoms with van der Waals surface area (Å²) in [6, 6.07) is 3.96. The Labute approximate surface area is 174 Å². The Morgan fingerprint density at radius 2 is 2.13 bits per heavy atom. The molecule has 3 heterocycles. The van der Waals surface area contributed by atoms with Crippen molar-refractivity contribution in [1.29, 1.82) is 0 Å². The molecule has 1 aliphatic heterocycles. The summed E-state index contributed by atoms with van der Waals surface area (Å²) in [6.45, 7) is 9.78. The Balaban J connectivity index is 1.98. The number of ketones is 1. The van der Waals surface area contributed by atoms with Crippen LogP contribution in [0.2, 0.25) is 0 Å². The number of carbonyl (C=O) groups excluding carboxylic acids is 1. The second-order valence-corrected chi connectivity index (χ2v) is 7.83. The summed E-state index contributed by atoms with van der Waals surface area (Å²) < 4.78 is 40.8. The van der Waals surface area contributed by atoms with Gasteiger partial charge in [0.05, 0.1) is 5.56 Å². The molecule has 0 aliphatic carbocycles. The Morgan fingerprint density at radius 1 is 1.37 bits per heavy atom. The van der Waals surface area contributed by atoms with E-state index in [1.54, 1.807) is 0 Å². The number of pyridine rings is 2. The minimum Gasteiger partial charge on any atom is -0.354 e. The number of piperazine rings is 1. The van der Waals surface area contributed by atoms with Crippen molar-refractivity contribution in [1.82, 2.24) is 15.3 Å². The standard InChI is InChI=1S/C22H25F3N4O/c1-4-15-10-16(12-26-11-15)21(30)20-18(22(23,24)25)5-6-19(28-20)29-8-7-27-17(13-29)9-14(2)3/h4-6,10-12,14,17,27H,1,7-9,13H2,2-3H3/t17-/m0/s1. The van der Waals surface area contributed by atoms with Gasteiger partial charge in [0.1, 0.15) is 11.5 Å². The van der Waals surface area contributed by atoms with Crippen LogP contribution in [0.3, 0.4) is 0 Å². The van der Waals surface area contributed by atoms with Crippen LogP contribution in [-0.4, -0.2) is 41.4 Å². The lowest BCUT2D eigenvalue weighted by Crippen LogP contribution is -2.51. The normalized spacial score (nSPS) is 17.3. The third-order valence-electron chi connectivity index (χ3n) is 4.99. The molecular weight excluding hydrogens is 393 g/mol. The van der Waals surface area contributed by atoms with Crippen LogP contribution < -0.4 is 10.2 Å². The Hall–Kier alpha value is -2.74. The highest BCUT2D eigenvalue weighted by Crippen LogP contribution is 2.33. The van der Waals surface area contributed by atoms with Crippen LogP contribution in [0.15, 0.2) is 37.2 Å². The lowest BCUT2D eigenvalue weighted by atomic mass is 10.0. The molecule has 1 N–H and O–H groups in total. The van der Waals surface area contributed by atoms with Crippen molar-refractivity contribution in [2.75, 3.05) is 24.5 Å². The quantitative estimate of drug-likeness (QED) is 0.713. The van der Waals surface area contributed by atoms with Crippen molar-refractivity contribution in [2.45, 2.75) is 32.5 Å². The Morgan fingerprint density at radius 3 is 2.80 bits per heavy atom. The number of halogens is 3. The summed E-state index contributed by atoms with van der Waals surface area (Å²) in [5.41, 5.74) is -1.07. The van der Waals surface area contributed by atoms with Gasteiger partial charge in [0.25, 0.3) is 0 Å². The average molecular weight is 418 g/mol. The molecule has 8 heteroatoms. The SMILES string of the molecule is C=Cc1cncc(C(=O)c2nc(N3CCN[C@@H](CC(C)C)C3)ccc2C(F)(F)F)c1. The lowest BCUT2D eigenvalue weighted by molar-refractivity contribution is -0.138. The minimum atomic E-state index is -4.69. The molecule has 2 aromatic rings. The van der Waals surface area contributed by atoms with Gasteiger partial charge in [0.15, 0.2) is 0 Å². The van der Waals surface area contributed by atoms with Gasteiger partial charge in [-0.15, -0.1) is 0 Å². The van der Waals surface area contributed by atoms with E-state index in [9.17, 15) is 18.0 Å². The van der Waals surface area contributed by atoms with Gasteiger partial charge >= 0.3 is 6.18 Å². The number of hydrogen-bond acceptors (Lipinski definition) is 5. The van der Waals surface area contributed by atoms with Crippen LogP contribution in [0.5, 0.6) is 0 Å². The van der Waals surface area contributed by atoms with Gasteiger partial charge < -0.3 is 10.2 Å². The van der Waals surface area contributed by atoms with E-state index in [-0.39, 0.29) is 11.6 Å². The molecular formula is C22H25F3N4O. The van der Waals surface area contributed by atoms with E-state index < -0.39 is 23.2 Å².